The summed E-state index contributed by atoms with van der Waals surface area (Å²) in [4.78, 5) is 25.2. The van der Waals surface area contributed by atoms with Crippen molar-refractivity contribution in [3.05, 3.63) is 64.4 Å². The second kappa shape index (κ2) is 9.51. The van der Waals surface area contributed by atoms with Gasteiger partial charge in [0.05, 0.1) is 28.0 Å². The first-order valence-corrected chi connectivity index (χ1v) is 12.9. The minimum atomic E-state index is -5.59. The molecular weight excluding hydrogens is 572 g/mol. The van der Waals surface area contributed by atoms with E-state index in [0.717, 1.165) is 24.3 Å². The highest BCUT2D eigenvalue weighted by molar-refractivity contribution is 9.10. The number of alkyl halides is 3. The average molecular weight is 591 g/mol. The number of carbonyl (C=O) groups excluding carboxylic acids is 2. The SMILES string of the molecule is COc1cc(F)c(Br)cc1C(=O)N[C@@H]1[C@H](C(=O)Nc2cccc(S(=O)(=O)C(F)(F)F)c2)[C@H]2C=C[C@@H]1C2. The zero-order valence-corrected chi connectivity index (χ0v) is 20.9. The van der Waals surface area contributed by atoms with Gasteiger partial charge in [-0.1, -0.05) is 18.2 Å². The molecule has 2 amide bonds. The Morgan fingerprint density at radius 3 is 2.47 bits per heavy atom. The first-order chi connectivity index (χ1) is 16.8. The van der Waals surface area contributed by atoms with E-state index in [4.69, 9.17) is 4.74 Å². The molecule has 0 aliphatic heterocycles. The van der Waals surface area contributed by atoms with Crippen LogP contribution >= 0.6 is 15.9 Å². The van der Waals surface area contributed by atoms with E-state index in [9.17, 15) is 35.6 Å². The molecule has 2 N–H and O–H groups in total. The predicted molar refractivity (Wildman–Crippen MR) is 124 cm³/mol. The van der Waals surface area contributed by atoms with Crippen LogP contribution < -0.4 is 15.4 Å². The van der Waals surface area contributed by atoms with Gasteiger partial charge in [-0.15, -0.1) is 0 Å². The molecule has 1 fully saturated rings. The number of rotatable bonds is 6. The number of halogens is 5. The van der Waals surface area contributed by atoms with Gasteiger partial charge in [0, 0.05) is 17.8 Å². The van der Waals surface area contributed by atoms with Crippen LogP contribution in [0.1, 0.15) is 16.8 Å². The number of carbonyl (C=O) groups is 2. The van der Waals surface area contributed by atoms with Gasteiger partial charge in [0.2, 0.25) is 5.91 Å². The highest BCUT2D eigenvalue weighted by Crippen LogP contribution is 2.44. The zero-order chi connectivity index (χ0) is 26.4. The zero-order valence-electron chi connectivity index (χ0n) is 18.5. The number of sulfone groups is 1. The summed E-state index contributed by atoms with van der Waals surface area (Å²) in [6, 6.07) is 5.52. The van der Waals surface area contributed by atoms with E-state index in [1.165, 1.54) is 19.2 Å². The van der Waals surface area contributed by atoms with E-state index in [-0.39, 0.29) is 33.3 Å². The molecule has 2 bridgehead atoms. The smallest absolute Gasteiger partial charge is 0.496 e. The van der Waals surface area contributed by atoms with E-state index in [1.54, 1.807) is 0 Å². The standard InChI is InChI=1S/C23H19BrF4N2O5S/c1-35-18-10-17(25)16(24)9-15(18)21(31)30-20-12-6-5-11(7-12)19(20)22(32)29-13-3-2-4-14(8-13)36(33,34)23(26,27)28/h2-6,8-12,19-20H,7H2,1H3,(H,29,32)(H,30,31)/t11-,12+,19+,20-/m0/s1. The quantitative estimate of drug-likeness (QED) is 0.382. The third-order valence-corrected chi connectivity index (χ3v) is 8.36. The maximum absolute atomic E-state index is 13.9. The van der Waals surface area contributed by atoms with E-state index in [2.05, 4.69) is 26.6 Å². The van der Waals surface area contributed by atoms with Crippen LogP contribution in [0.15, 0.2) is 57.9 Å². The molecule has 2 aromatic carbocycles. The van der Waals surface area contributed by atoms with Gasteiger partial charge in [-0.2, -0.15) is 13.2 Å². The fraction of sp³-hybridized carbons (Fsp3) is 0.304. The fourth-order valence-electron chi connectivity index (χ4n) is 4.58. The Bertz CT molecular complexity index is 1360. The summed E-state index contributed by atoms with van der Waals surface area (Å²) in [7, 11) is -4.31. The second-order valence-corrected chi connectivity index (χ2v) is 11.2. The molecule has 0 unspecified atom stereocenters. The van der Waals surface area contributed by atoms with Crippen LogP contribution in [0.4, 0.5) is 23.2 Å². The third kappa shape index (κ3) is 4.73. The molecule has 7 nitrogen and oxygen atoms in total. The number of methoxy groups -OCH3 is 1. The molecule has 0 radical (unpaired) electrons. The van der Waals surface area contributed by atoms with Gasteiger partial charge in [0.25, 0.3) is 15.7 Å². The molecule has 2 aromatic rings. The summed E-state index contributed by atoms with van der Waals surface area (Å²) < 4.78 is 81.2. The summed E-state index contributed by atoms with van der Waals surface area (Å²) in [5, 5.41) is 5.28. The molecule has 0 spiro atoms. The number of hydrogen-bond acceptors (Lipinski definition) is 5. The number of nitrogens with one attached hydrogen (secondary N) is 2. The first kappa shape index (κ1) is 26.1. The summed E-state index contributed by atoms with van der Waals surface area (Å²) in [5.41, 5.74) is -5.58. The molecule has 192 valence electrons. The minimum Gasteiger partial charge on any atom is -0.496 e. The van der Waals surface area contributed by atoms with Crippen LogP contribution in [0.3, 0.4) is 0 Å². The molecular formula is C23H19BrF4N2O5S. The fourth-order valence-corrected chi connectivity index (χ4v) is 5.73. The largest absolute Gasteiger partial charge is 0.501 e. The molecule has 4 atom stereocenters. The van der Waals surface area contributed by atoms with Gasteiger partial charge in [0.15, 0.2) is 0 Å². The van der Waals surface area contributed by atoms with Crippen LogP contribution in [-0.2, 0) is 14.6 Å². The molecule has 36 heavy (non-hydrogen) atoms. The Morgan fingerprint density at radius 2 is 1.81 bits per heavy atom. The van der Waals surface area contributed by atoms with Crippen LogP contribution in [0.2, 0.25) is 0 Å². The maximum Gasteiger partial charge on any atom is 0.501 e. The van der Waals surface area contributed by atoms with Crippen molar-refractivity contribution in [2.24, 2.45) is 17.8 Å². The normalized spacial score (nSPS) is 22.9. The maximum atomic E-state index is 13.9. The highest BCUT2D eigenvalue weighted by atomic mass is 79.9. The molecule has 2 aliphatic rings. The van der Waals surface area contributed by atoms with Gasteiger partial charge in [-0.25, -0.2) is 12.8 Å². The van der Waals surface area contributed by atoms with Crippen molar-refractivity contribution in [3.8, 4) is 5.75 Å². The summed E-state index contributed by atoms with van der Waals surface area (Å²) >= 11 is 3.03. The molecule has 4 rings (SSSR count). The number of benzene rings is 2. The Balaban J connectivity index is 1.56. The monoisotopic (exact) mass is 590 g/mol. The molecule has 2 aliphatic carbocycles. The highest BCUT2D eigenvalue weighted by Gasteiger charge is 2.49. The second-order valence-electron chi connectivity index (χ2n) is 8.41. The summed E-state index contributed by atoms with van der Waals surface area (Å²) in [5.74, 6) is -3.03. The van der Waals surface area contributed by atoms with Crippen LogP contribution in [0.25, 0.3) is 0 Å². The molecule has 1 saturated carbocycles. The number of fused-ring (bicyclic) bond motifs is 2. The first-order valence-electron chi connectivity index (χ1n) is 10.6. The Kier molecular flexibility index (Phi) is 6.90. The van der Waals surface area contributed by atoms with Gasteiger partial charge in [0.1, 0.15) is 11.6 Å². The van der Waals surface area contributed by atoms with Crippen LogP contribution in [-0.4, -0.2) is 38.9 Å². The molecule has 0 aromatic heterocycles. The predicted octanol–water partition coefficient (Wildman–Crippen LogP) is 4.45. The van der Waals surface area contributed by atoms with Gasteiger partial charge >= 0.3 is 5.51 Å². The molecule has 0 heterocycles. The molecule has 13 heteroatoms. The van der Waals surface area contributed by atoms with Crippen molar-refractivity contribution in [2.45, 2.75) is 22.9 Å². The lowest BCUT2D eigenvalue weighted by Crippen LogP contribution is -2.47. The Hall–Kier alpha value is -2.93. The van der Waals surface area contributed by atoms with Crippen LogP contribution in [0.5, 0.6) is 5.75 Å². The topological polar surface area (TPSA) is 102 Å². The van der Waals surface area contributed by atoms with E-state index < -0.39 is 49.8 Å². The van der Waals surface area contributed by atoms with E-state index in [0.29, 0.717) is 6.42 Å². The molecule has 0 saturated heterocycles. The Morgan fingerprint density at radius 1 is 1.11 bits per heavy atom. The van der Waals surface area contributed by atoms with Gasteiger partial charge < -0.3 is 15.4 Å². The minimum absolute atomic E-state index is 0.00408. The van der Waals surface area contributed by atoms with E-state index in [1.807, 2.05) is 12.2 Å². The lowest BCUT2D eigenvalue weighted by atomic mass is 9.87. The van der Waals surface area contributed by atoms with Crippen molar-refractivity contribution >= 4 is 43.3 Å². The van der Waals surface area contributed by atoms with E-state index >= 15 is 0 Å². The number of allylic oxidation sites excluding steroid dienone is 1. The van der Waals surface area contributed by atoms with Crippen molar-refractivity contribution in [2.75, 3.05) is 12.4 Å². The summed E-state index contributed by atoms with van der Waals surface area (Å²) in [6.07, 6.45) is 4.26. The lowest BCUT2D eigenvalue weighted by Gasteiger charge is -2.28. The number of amides is 2. The number of hydrogen-bond donors (Lipinski definition) is 2. The van der Waals surface area contributed by atoms with Crippen molar-refractivity contribution in [1.82, 2.24) is 5.32 Å². The number of ether oxygens (including phenoxy) is 1. The van der Waals surface area contributed by atoms with Crippen molar-refractivity contribution < 1.29 is 40.3 Å². The van der Waals surface area contributed by atoms with Gasteiger partial charge in [-0.05, 0) is 58.5 Å². The van der Waals surface area contributed by atoms with Gasteiger partial charge in [-0.3, -0.25) is 9.59 Å². The summed E-state index contributed by atoms with van der Waals surface area (Å²) in [6.45, 7) is 0. The lowest BCUT2D eigenvalue weighted by molar-refractivity contribution is -0.121. The average Bonchev–Trinajstić information content (AvgIpc) is 3.41. The van der Waals surface area contributed by atoms with Crippen molar-refractivity contribution in [3.63, 3.8) is 0 Å². The van der Waals surface area contributed by atoms with Crippen molar-refractivity contribution in [1.29, 1.82) is 0 Å². The number of anilines is 1. The Labute approximate surface area is 211 Å². The third-order valence-electron chi connectivity index (χ3n) is 6.26. The van der Waals surface area contributed by atoms with Crippen LogP contribution in [0, 0.1) is 23.6 Å².